The Bertz CT molecular complexity index is 279. The minimum atomic E-state index is -0.270. The molecule has 4 heteroatoms. The van der Waals surface area contributed by atoms with Gasteiger partial charge in [-0.2, -0.15) is 5.10 Å². The van der Waals surface area contributed by atoms with Gasteiger partial charge in [0, 0.05) is 6.21 Å². The van der Waals surface area contributed by atoms with E-state index < -0.39 is 0 Å². The highest BCUT2D eigenvalue weighted by Gasteiger charge is 2.06. The van der Waals surface area contributed by atoms with E-state index in [0.29, 0.717) is 12.3 Å². The van der Waals surface area contributed by atoms with Crippen molar-refractivity contribution in [3.63, 3.8) is 0 Å². The molecule has 1 heterocycles. The Balaban J connectivity index is 2.79. The van der Waals surface area contributed by atoms with E-state index in [2.05, 4.69) is 22.3 Å². The maximum absolute atomic E-state index is 7.51. The average molecular weight is 162 g/mol. The third kappa shape index (κ3) is 2.13. The van der Waals surface area contributed by atoms with Crippen molar-refractivity contribution < 1.29 is 0 Å². The van der Waals surface area contributed by atoms with Gasteiger partial charge in [0.2, 0.25) is 0 Å². The number of hydrogen-bond donors (Lipinski definition) is 3. The predicted molar refractivity (Wildman–Crippen MR) is 48.8 cm³/mol. The average Bonchev–Trinajstić information content (AvgIpc) is 2.05. The van der Waals surface area contributed by atoms with Gasteiger partial charge in [0.05, 0.1) is 18.2 Å². The predicted octanol–water partition coefficient (Wildman–Crippen LogP) is -0.313. The normalized spacial score (nSPS) is 22.3. The zero-order valence-electron chi connectivity index (χ0n) is 6.54. The van der Waals surface area contributed by atoms with Gasteiger partial charge in [0.1, 0.15) is 0 Å². The number of nitrogens with one attached hydrogen (secondary N) is 2. The summed E-state index contributed by atoms with van der Waals surface area (Å²) >= 11 is 0. The van der Waals surface area contributed by atoms with E-state index in [1.165, 1.54) is 6.21 Å². The molecule has 0 bridgehead atoms. The molecule has 1 aliphatic rings. The molecular formula is C8H10N4. The molecule has 1 aliphatic heterocycles. The van der Waals surface area contributed by atoms with Crippen LogP contribution in [0, 0.1) is 23.2 Å². The summed E-state index contributed by atoms with van der Waals surface area (Å²) in [6, 6.07) is 0. The first-order valence-electron chi connectivity index (χ1n) is 3.54. The molecular weight excluding hydrogens is 152 g/mol. The maximum atomic E-state index is 7.51. The zero-order valence-corrected chi connectivity index (χ0v) is 6.54. The molecule has 1 atom stereocenters. The van der Waals surface area contributed by atoms with Crippen molar-refractivity contribution in [2.24, 2.45) is 16.9 Å². The standard InChI is InChI=1S/C8H10N4/c9-8-3-5-11-4-1-2-7(8)6-12-10/h3,5-7,9,11H,4,10H2/b5-3?,9-8?,12-6-. The van der Waals surface area contributed by atoms with Gasteiger partial charge in [-0.1, -0.05) is 11.8 Å². The van der Waals surface area contributed by atoms with Crippen LogP contribution in [-0.4, -0.2) is 18.5 Å². The molecule has 0 saturated carbocycles. The fourth-order valence-corrected chi connectivity index (χ4v) is 0.805. The second-order valence-corrected chi connectivity index (χ2v) is 2.27. The van der Waals surface area contributed by atoms with Crippen molar-refractivity contribution in [3.8, 4) is 11.8 Å². The van der Waals surface area contributed by atoms with Gasteiger partial charge in [-0.3, -0.25) is 0 Å². The number of allylic oxidation sites excluding steroid dienone is 1. The number of rotatable bonds is 1. The molecule has 12 heavy (non-hydrogen) atoms. The first-order chi connectivity index (χ1) is 5.84. The molecule has 0 amide bonds. The summed E-state index contributed by atoms with van der Waals surface area (Å²) in [5, 5.41) is 13.8. The lowest BCUT2D eigenvalue weighted by Gasteiger charge is -2.04. The first kappa shape index (κ1) is 8.34. The summed E-state index contributed by atoms with van der Waals surface area (Å²) in [5.41, 5.74) is 0.393. The summed E-state index contributed by atoms with van der Waals surface area (Å²) in [5.74, 6) is 10.4. The van der Waals surface area contributed by atoms with E-state index in [4.69, 9.17) is 11.3 Å². The Labute approximate surface area is 71.0 Å². The highest BCUT2D eigenvalue weighted by molar-refractivity contribution is 6.06. The monoisotopic (exact) mass is 162 g/mol. The highest BCUT2D eigenvalue weighted by Crippen LogP contribution is 1.96. The van der Waals surface area contributed by atoms with Crippen molar-refractivity contribution in [1.82, 2.24) is 5.32 Å². The minimum Gasteiger partial charge on any atom is -0.380 e. The zero-order chi connectivity index (χ0) is 8.81. The number of nitrogens with zero attached hydrogens (tertiary/aromatic N) is 1. The van der Waals surface area contributed by atoms with Crippen LogP contribution in [0.1, 0.15) is 0 Å². The SMILES string of the molecule is N=C1C=CNCC#CC1/C=N\N. The third-order valence-electron chi connectivity index (χ3n) is 1.40. The summed E-state index contributed by atoms with van der Waals surface area (Å²) < 4.78 is 0. The van der Waals surface area contributed by atoms with Crippen LogP contribution < -0.4 is 11.2 Å². The van der Waals surface area contributed by atoms with E-state index >= 15 is 0 Å². The van der Waals surface area contributed by atoms with Gasteiger partial charge < -0.3 is 16.6 Å². The molecule has 0 radical (unpaired) electrons. The van der Waals surface area contributed by atoms with Gasteiger partial charge >= 0.3 is 0 Å². The molecule has 0 saturated heterocycles. The first-order valence-corrected chi connectivity index (χ1v) is 3.54. The Morgan fingerprint density at radius 2 is 2.67 bits per heavy atom. The second kappa shape index (κ2) is 4.19. The maximum Gasteiger partial charge on any atom is 0.0987 e. The van der Waals surface area contributed by atoms with Crippen LogP contribution in [0.5, 0.6) is 0 Å². The Hall–Kier alpha value is -1.76. The Kier molecular flexibility index (Phi) is 2.91. The van der Waals surface area contributed by atoms with Gasteiger partial charge in [0.15, 0.2) is 0 Å². The lowest BCUT2D eigenvalue weighted by atomic mass is 10.1. The number of nitrogens with two attached hydrogens (primary N) is 1. The third-order valence-corrected chi connectivity index (χ3v) is 1.40. The lowest BCUT2D eigenvalue weighted by Crippen LogP contribution is -2.16. The molecule has 0 aromatic carbocycles. The summed E-state index contributed by atoms with van der Waals surface area (Å²) in [4.78, 5) is 0. The largest absolute Gasteiger partial charge is 0.380 e. The van der Waals surface area contributed by atoms with Crippen LogP contribution in [0.4, 0.5) is 0 Å². The second-order valence-electron chi connectivity index (χ2n) is 2.27. The summed E-state index contributed by atoms with van der Waals surface area (Å²) in [6.07, 6.45) is 4.82. The van der Waals surface area contributed by atoms with Crippen LogP contribution in [0.25, 0.3) is 0 Å². The minimum absolute atomic E-state index is 0.270. The van der Waals surface area contributed by atoms with Crippen molar-refractivity contribution in [2.75, 3.05) is 6.54 Å². The molecule has 4 nitrogen and oxygen atoms in total. The smallest absolute Gasteiger partial charge is 0.0987 e. The quantitative estimate of drug-likeness (QED) is 0.214. The highest BCUT2D eigenvalue weighted by atomic mass is 15.1. The summed E-state index contributed by atoms with van der Waals surface area (Å²) in [7, 11) is 0. The van der Waals surface area contributed by atoms with Crippen LogP contribution >= 0.6 is 0 Å². The van der Waals surface area contributed by atoms with Gasteiger partial charge in [-0.25, -0.2) is 0 Å². The fraction of sp³-hybridized carbons (Fsp3) is 0.250. The van der Waals surface area contributed by atoms with E-state index in [0.717, 1.165) is 0 Å². The van der Waals surface area contributed by atoms with Crippen LogP contribution in [0.3, 0.4) is 0 Å². The molecule has 0 spiro atoms. The van der Waals surface area contributed by atoms with Crippen LogP contribution in [0.15, 0.2) is 17.4 Å². The number of hydrogen-bond acceptors (Lipinski definition) is 4. The van der Waals surface area contributed by atoms with Gasteiger partial charge in [0.25, 0.3) is 0 Å². The van der Waals surface area contributed by atoms with E-state index in [1.807, 2.05) is 0 Å². The molecule has 0 aliphatic carbocycles. The Morgan fingerprint density at radius 3 is 3.42 bits per heavy atom. The molecule has 0 aromatic heterocycles. The summed E-state index contributed by atoms with van der Waals surface area (Å²) in [6.45, 7) is 0.596. The fourth-order valence-electron chi connectivity index (χ4n) is 0.805. The lowest BCUT2D eigenvalue weighted by molar-refractivity contribution is 0.999. The molecule has 62 valence electrons. The van der Waals surface area contributed by atoms with Crippen LogP contribution in [-0.2, 0) is 0 Å². The van der Waals surface area contributed by atoms with Crippen molar-refractivity contribution in [1.29, 1.82) is 5.41 Å². The Morgan fingerprint density at radius 1 is 1.83 bits per heavy atom. The van der Waals surface area contributed by atoms with Crippen molar-refractivity contribution in [3.05, 3.63) is 12.3 Å². The molecule has 0 aromatic rings. The van der Waals surface area contributed by atoms with Gasteiger partial charge in [-0.05, 0) is 12.3 Å². The molecule has 4 N–H and O–H groups in total. The number of hydrazone groups is 1. The van der Waals surface area contributed by atoms with Crippen LogP contribution in [0.2, 0.25) is 0 Å². The van der Waals surface area contributed by atoms with Gasteiger partial charge in [-0.15, -0.1) is 0 Å². The molecule has 1 rings (SSSR count). The van der Waals surface area contributed by atoms with Crippen molar-refractivity contribution >= 4 is 11.9 Å². The molecule has 1 unspecified atom stereocenters. The molecule has 0 fully saturated rings. The van der Waals surface area contributed by atoms with Crippen molar-refractivity contribution in [2.45, 2.75) is 0 Å². The van der Waals surface area contributed by atoms with E-state index in [9.17, 15) is 0 Å². The topological polar surface area (TPSA) is 74.3 Å². The van der Waals surface area contributed by atoms with E-state index in [-0.39, 0.29) is 5.92 Å². The van der Waals surface area contributed by atoms with E-state index in [1.54, 1.807) is 12.3 Å².